The van der Waals surface area contributed by atoms with Crippen LogP contribution in [0.1, 0.15) is 40.9 Å². The maximum Gasteiger partial charge on any atom is 0.433 e. The van der Waals surface area contributed by atoms with E-state index >= 15 is 0 Å². The van der Waals surface area contributed by atoms with E-state index in [9.17, 15) is 18.0 Å². The molecule has 0 radical (unpaired) electrons. The number of aliphatic imine (C=N–C) groups is 1. The van der Waals surface area contributed by atoms with Gasteiger partial charge in [0, 0.05) is 24.9 Å². The Morgan fingerprint density at radius 3 is 2.59 bits per heavy atom. The molecule has 0 bridgehead atoms. The SMILES string of the molecule is COC1=C2N=C(C(F)(F)F)C=CC2C(c2nc(C(=O)NC3(CNc4ncccn4)CC3)c(CN)o2)C=C1. The number of nitrogens with two attached hydrogens (primary N) is 1. The average molecular weight is 515 g/mol. The Hall–Kier alpha value is -4.00. The van der Waals surface area contributed by atoms with E-state index in [1.54, 1.807) is 24.5 Å². The van der Waals surface area contributed by atoms with Crippen LogP contribution in [-0.4, -0.2) is 51.9 Å². The van der Waals surface area contributed by atoms with Gasteiger partial charge in [0.15, 0.2) is 11.5 Å². The molecule has 1 saturated carbocycles. The fourth-order valence-corrected chi connectivity index (χ4v) is 4.26. The number of ether oxygens (including phenoxy) is 1. The topological polar surface area (TPSA) is 141 Å². The number of carbonyl (C=O) groups is 1. The van der Waals surface area contributed by atoms with Gasteiger partial charge in [-0.3, -0.25) is 4.79 Å². The summed E-state index contributed by atoms with van der Waals surface area (Å²) in [5.41, 5.74) is 4.47. The summed E-state index contributed by atoms with van der Waals surface area (Å²) in [7, 11) is 1.36. The molecule has 2 aromatic rings. The number of halogens is 3. The highest BCUT2D eigenvalue weighted by atomic mass is 19.4. The lowest BCUT2D eigenvalue weighted by Crippen LogP contribution is -2.42. The van der Waals surface area contributed by atoms with Crippen molar-refractivity contribution in [3.8, 4) is 0 Å². The third-order valence-electron chi connectivity index (χ3n) is 6.41. The molecular formula is C24H24F3N7O3. The maximum atomic E-state index is 13.3. The van der Waals surface area contributed by atoms with Crippen LogP contribution in [0, 0.1) is 5.92 Å². The lowest BCUT2D eigenvalue weighted by atomic mass is 9.83. The molecule has 10 nitrogen and oxygen atoms in total. The zero-order chi connectivity index (χ0) is 26.2. The Bertz CT molecular complexity index is 1310. The standard InChI is InChI=1S/C24H24F3N7O3/c1-36-15-5-3-14(13-4-6-17(24(25,26)27)32-18(13)15)21-33-19(16(11-28)37-21)20(35)34-23(7-8-23)12-31-22-29-9-2-10-30-22/h2-6,9-10,13-14H,7-8,11-12,28H2,1H3,(H,34,35)(H,29,30,31). The van der Waals surface area contributed by atoms with Gasteiger partial charge in [0.1, 0.15) is 11.5 Å². The maximum absolute atomic E-state index is 13.3. The lowest BCUT2D eigenvalue weighted by Gasteiger charge is -2.28. The summed E-state index contributed by atoms with van der Waals surface area (Å²) in [6.07, 6.45) is 5.68. The van der Waals surface area contributed by atoms with E-state index in [0.29, 0.717) is 12.5 Å². The molecule has 1 fully saturated rings. The number of nitrogens with zero attached hydrogens (tertiary/aromatic N) is 4. The Balaban J connectivity index is 1.35. The van der Waals surface area contributed by atoms with Crippen molar-refractivity contribution >= 4 is 17.6 Å². The van der Waals surface area contributed by atoms with Gasteiger partial charge in [-0.05, 0) is 31.1 Å². The lowest BCUT2D eigenvalue weighted by molar-refractivity contribution is -0.0579. The molecule has 4 N–H and O–H groups in total. The second-order valence-corrected chi connectivity index (χ2v) is 8.91. The van der Waals surface area contributed by atoms with Gasteiger partial charge in [-0.25, -0.2) is 19.9 Å². The first-order chi connectivity index (χ1) is 17.7. The number of amides is 1. The Morgan fingerprint density at radius 1 is 1.22 bits per heavy atom. The number of aromatic nitrogens is 3. The molecule has 0 saturated heterocycles. The minimum absolute atomic E-state index is 0.0375. The van der Waals surface area contributed by atoms with Crippen LogP contribution in [0.4, 0.5) is 19.1 Å². The van der Waals surface area contributed by atoms with Gasteiger partial charge in [-0.15, -0.1) is 0 Å². The van der Waals surface area contributed by atoms with Gasteiger partial charge in [-0.2, -0.15) is 13.2 Å². The molecule has 3 aliphatic rings. The minimum atomic E-state index is -4.61. The van der Waals surface area contributed by atoms with Crippen molar-refractivity contribution in [1.82, 2.24) is 20.3 Å². The number of rotatable bonds is 8. The second-order valence-electron chi connectivity index (χ2n) is 8.91. The molecule has 2 unspecified atom stereocenters. The van der Waals surface area contributed by atoms with Crippen molar-refractivity contribution in [3.63, 3.8) is 0 Å². The van der Waals surface area contributed by atoms with Crippen LogP contribution in [0.5, 0.6) is 0 Å². The highest BCUT2D eigenvalue weighted by Crippen LogP contribution is 2.42. The van der Waals surface area contributed by atoms with Gasteiger partial charge in [0.2, 0.25) is 11.8 Å². The van der Waals surface area contributed by atoms with Crippen molar-refractivity contribution in [2.24, 2.45) is 16.6 Å². The number of hydrogen-bond donors (Lipinski definition) is 3. The van der Waals surface area contributed by atoms with E-state index < -0.39 is 35.2 Å². The van der Waals surface area contributed by atoms with Crippen LogP contribution in [0.25, 0.3) is 0 Å². The molecule has 2 aliphatic carbocycles. The molecule has 0 aromatic carbocycles. The molecule has 37 heavy (non-hydrogen) atoms. The van der Waals surface area contributed by atoms with Gasteiger partial charge >= 0.3 is 6.18 Å². The number of carbonyl (C=O) groups excluding carboxylic acids is 1. The molecule has 13 heteroatoms. The molecule has 194 valence electrons. The van der Waals surface area contributed by atoms with Crippen molar-refractivity contribution in [1.29, 1.82) is 0 Å². The number of hydrogen-bond acceptors (Lipinski definition) is 9. The third kappa shape index (κ3) is 4.99. The van der Waals surface area contributed by atoms with Crippen LogP contribution in [0.2, 0.25) is 0 Å². The normalized spacial score (nSPS) is 21.8. The summed E-state index contributed by atoms with van der Waals surface area (Å²) in [6, 6.07) is 1.71. The van der Waals surface area contributed by atoms with Crippen molar-refractivity contribution in [2.45, 2.75) is 37.0 Å². The molecule has 5 rings (SSSR count). The number of nitrogens with one attached hydrogen (secondary N) is 2. The van der Waals surface area contributed by atoms with Crippen LogP contribution >= 0.6 is 0 Å². The van der Waals surface area contributed by atoms with E-state index in [0.717, 1.165) is 18.9 Å². The highest BCUT2D eigenvalue weighted by Gasteiger charge is 2.45. The Morgan fingerprint density at radius 2 is 1.95 bits per heavy atom. The molecule has 1 amide bonds. The number of oxazole rings is 1. The largest absolute Gasteiger partial charge is 0.495 e. The summed E-state index contributed by atoms with van der Waals surface area (Å²) in [5, 5.41) is 6.11. The monoisotopic (exact) mass is 515 g/mol. The third-order valence-corrected chi connectivity index (χ3v) is 6.41. The summed E-state index contributed by atoms with van der Waals surface area (Å²) >= 11 is 0. The van der Waals surface area contributed by atoms with Gasteiger partial charge in [0.25, 0.3) is 5.91 Å². The summed E-state index contributed by atoms with van der Waals surface area (Å²) < 4.78 is 50.9. The second kappa shape index (κ2) is 9.47. The number of allylic oxidation sites excluding steroid dienone is 4. The average Bonchev–Trinajstić information content (AvgIpc) is 3.52. The minimum Gasteiger partial charge on any atom is -0.495 e. The van der Waals surface area contributed by atoms with E-state index in [4.69, 9.17) is 14.9 Å². The predicted molar refractivity (Wildman–Crippen MR) is 126 cm³/mol. The first-order valence-corrected chi connectivity index (χ1v) is 11.6. The van der Waals surface area contributed by atoms with Crippen molar-refractivity contribution in [2.75, 3.05) is 19.0 Å². The number of dihydropyridines is 1. The smallest absolute Gasteiger partial charge is 0.433 e. The molecule has 2 aromatic heterocycles. The van der Waals surface area contributed by atoms with Crippen LogP contribution in [0.15, 0.2) is 63.6 Å². The van der Waals surface area contributed by atoms with Gasteiger partial charge in [-0.1, -0.05) is 12.2 Å². The summed E-state index contributed by atoms with van der Waals surface area (Å²) in [6.45, 7) is 0.343. The van der Waals surface area contributed by atoms with Crippen LogP contribution < -0.4 is 16.4 Å². The van der Waals surface area contributed by atoms with Crippen molar-refractivity contribution < 1.29 is 27.1 Å². The molecular weight excluding hydrogens is 491 g/mol. The van der Waals surface area contributed by atoms with Crippen LogP contribution in [-0.2, 0) is 11.3 Å². The molecule has 1 aliphatic heterocycles. The first-order valence-electron chi connectivity index (χ1n) is 11.6. The fraction of sp³-hybridized carbons (Fsp3) is 0.375. The fourth-order valence-electron chi connectivity index (χ4n) is 4.26. The Labute approximate surface area is 209 Å². The predicted octanol–water partition coefficient (Wildman–Crippen LogP) is 3.00. The molecule has 0 spiro atoms. The number of fused-ring (bicyclic) bond motifs is 1. The highest BCUT2D eigenvalue weighted by molar-refractivity contribution is 6.01. The molecule has 2 atom stereocenters. The number of alkyl halides is 3. The zero-order valence-corrected chi connectivity index (χ0v) is 19.7. The van der Waals surface area contributed by atoms with E-state index in [1.807, 2.05) is 0 Å². The van der Waals surface area contributed by atoms with E-state index in [-0.39, 0.29) is 35.3 Å². The van der Waals surface area contributed by atoms with Gasteiger partial charge in [0.05, 0.1) is 30.8 Å². The van der Waals surface area contributed by atoms with E-state index in [2.05, 4.69) is 30.6 Å². The van der Waals surface area contributed by atoms with Crippen LogP contribution in [0.3, 0.4) is 0 Å². The zero-order valence-electron chi connectivity index (χ0n) is 19.7. The van der Waals surface area contributed by atoms with Gasteiger partial charge < -0.3 is 25.5 Å². The summed E-state index contributed by atoms with van der Waals surface area (Å²) in [5.74, 6) is -0.697. The quantitative estimate of drug-likeness (QED) is 0.487. The van der Waals surface area contributed by atoms with E-state index in [1.165, 1.54) is 19.3 Å². The van der Waals surface area contributed by atoms with Crippen molar-refractivity contribution in [3.05, 3.63) is 71.6 Å². The Kier molecular flexibility index (Phi) is 6.31. The number of methoxy groups -OCH3 is 1. The number of anilines is 1. The molecule has 3 heterocycles. The summed E-state index contributed by atoms with van der Waals surface area (Å²) in [4.78, 5) is 29.6. The first kappa shape index (κ1) is 24.7.